The molecule has 3 heterocycles. The van der Waals surface area contributed by atoms with Crippen molar-refractivity contribution in [2.75, 3.05) is 31.6 Å². The molecule has 108 valence electrons. The first-order chi connectivity index (χ1) is 9.69. The van der Waals surface area contributed by atoms with Crippen molar-refractivity contribution in [3.63, 3.8) is 0 Å². The van der Waals surface area contributed by atoms with Crippen molar-refractivity contribution in [3.05, 3.63) is 22.4 Å². The molecule has 0 saturated carbocycles. The molecule has 0 bridgehead atoms. The Morgan fingerprint density at radius 2 is 2.40 bits per heavy atom. The highest BCUT2D eigenvalue weighted by molar-refractivity contribution is 5.51. The Kier molecular flexibility index (Phi) is 3.43. The Morgan fingerprint density at radius 3 is 3.20 bits per heavy atom. The highest BCUT2D eigenvalue weighted by atomic mass is 16.1. The van der Waals surface area contributed by atoms with Gasteiger partial charge in [0, 0.05) is 19.2 Å². The second-order valence-corrected chi connectivity index (χ2v) is 5.40. The van der Waals surface area contributed by atoms with Crippen LogP contribution in [0.3, 0.4) is 0 Å². The molecule has 20 heavy (non-hydrogen) atoms. The van der Waals surface area contributed by atoms with Gasteiger partial charge in [-0.15, -0.1) is 0 Å². The number of H-pyrrole nitrogens is 1. The summed E-state index contributed by atoms with van der Waals surface area (Å²) in [5, 5.41) is 9.75. The zero-order valence-corrected chi connectivity index (χ0v) is 11.9. The minimum atomic E-state index is -0.233. The van der Waals surface area contributed by atoms with Crippen LogP contribution in [0.1, 0.15) is 18.7 Å². The Hall–Kier alpha value is -1.89. The number of aromatic amines is 1. The van der Waals surface area contributed by atoms with Gasteiger partial charge < -0.3 is 10.2 Å². The van der Waals surface area contributed by atoms with Crippen LogP contribution >= 0.6 is 0 Å². The molecule has 1 fully saturated rings. The molecule has 2 aromatic rings. The zero-order chi connectivity index (χ0) is 14.1. The van der Waals surface area contributed by atoms with Crippen molar-refractivity contribution in [2.24, 2.45) is 5.92 Å². The molecule has 1 unspecified atom stereocenters. The van der Waals surface area contributed by atoms with Crippen molar-refractivity contribution in [1.82, 2.24) is 24.9 Å². The van der Waals surface area contributed by atoms with Gasteiger partial charge in [-0.2, -0.15) is 5.10 Å². The average Bonchev–Trinajstić information content (AvgIpc) is 2.81. The summed E-state index contributed by atoms with van der Waals surface area (Å²) in [4.78, 5) is 18.5. The summed E-state index contributed by atoms with van der Waals surface area (Å²) < 4.78 is 1.50. The normalized spacial score (nSPS) is 19.7. The Morgan fingerprint density at radius 1 is 1.55 bits per heavy atom. The summed E-state index contributed by atoms with van der Waals surface area (Å²) >= 11 is 0. The van der Waals surface area contributed by atoms with E-state index in [1.807, 2.05) is 20.0 Å². The Bertz CT molecular complexity index is 658. The van der Waals surface area contributed by atoms with Crippen LogP contribution < -0.4 is 15.9 Å². The molecule has 1 atom stereocenters. The first kappa shape index (κ1) is 13.1. The monoisotopic (exact) mass is 276 g/mol. The van der Waals surface area contributed by atoms with Gasteiger partial charge in [0.15, 0.2) is 5.65 Å². The number of piperidine rings is 1. The Balaban J connectivity index is 1.91. The van der Waals surface area contributed by atoms with Crippen molar-refractivity contribution in [3.8, 4) is 0 Å². The molecule has 2 aromatic heterocycles. The summed E-state index contributed by atoms with van der Waals surface area (Å²) in [5.74, 6) is 2.23. The van der Waals surface area contributed by atoms with Crippen molar-refractivity contribution in [1.29, 1.82) is 0 Å². The van der Waals surface area contributed by atoms with E-state index in [1.165, 1.54) is 17.2 Å². The lowest BCUT2D eigenvalue weighted by atomic mass is 9.98. The maximum atomic E-state index is 11.6. The van der Waals surface area contributed by atoms with Crippen LogP contribution in [0.25, 0.3) is 5.65 Å². The van der Waals surface area contributed by atoms with Gasteiger partial charge in [0.1, 0.15) is 11.6 Å². The van der Waals surface area contributed by atoms with E-state index in [4.69, 9.17) is 0 Å². The second kappa shape index (κ2) is 5.24. The fraction of sp³-hybridized carbons (Fsp3) is 0.615. The summed E-state index contributed by atoms with van der Waals surface area (Å²) in [6, 6.07) is 1.88. The van der Waals surface area contributed by atoms with E-state index in [1.54, 1.807) is 0 Å². The van der Waals surface area contributed by atoms with Crippen LogP contribution in [0.2, 0.25) is 0 Å². The molecule has 1 aliphatic rings. The van der Waals surface area contributed by atoms with Gasteiger partial charge in [0.05, 0.1) is 0 Å². The molecular formula is C13H20N6O. The lowest BCUT2D eigenvalue weighted by Crippen LogP contribution is -2.39. The minimum absolute atomic E-state index is 0.233. The lowest BCUT2D eigenvalue weighted by molar-refractivity contribution is 0.401. The van der Waals surface area contributed by atoms with Gasteiger partial charge in [0.2, 0.25) is 0 Å². The smallest absolute Gasteiger partial charge is 0.349 e. The van der Waals surface area contributed by atoms with E-state index in [-0.39, 0.29) is 5.69 Å². The number of hydrogen-bond donors (Lipinski definition) is 2. The third-order valence-corrected chi connectivity index (χ3v) is 3.89. The molecule has 0 aliphatic carbocycles. The third kappa shape index (κ3) is 2.29. The van der Waals surface area contributed by atoms with E-state index in [9.17, 15) is 4.79 Å². The zero-order valence-electron chi connectivity index (χ0n) is 11.9. The van der Waals surface area contributed by atoms with Gasteiger partial charge in [-0.25, -0.2) is 19.3 Å². The number of nitrogens with zero attached hydrogens (tertiary/aromatic N) is 4. The van der Waals surface area contributed by atoms with Crippen LogP contribution in [0.15, 0.2) is 10.9 Å². The summed E-state index contributed by atoms with van der Waals surface area (Å²) in [5.41, 5.74) is 0.400. The molecule has 0 amide bonds. The SMILES string of the molecule is CNCC1CCCN(c2cc3n[nH]c(=O)n3c(C)n2)C1. The standard InChI is InChI=1S/C13H20N6O/c1-9-15-11(6-12-16-17-13(20)19(9)12)18-5-3-4-10(8-18)7-14-2/h6,10,14H,3-5,7-8H2,1-2H3,(H,17,20). The van der Waals surface area contributed by atoms with Crippen molar-refractivity contribution >= 4 is 11.5 Å². The highest BCUT2D eigenvalue weighted by Gasteiger charge is 2.21. The highest BCUT2D eigenvalue weighted by Crippen LogP contribution is 2.22. The quantitative estimate of drug-likeness (QED) is 0.835. The number of aromatic nitrogens is 4. The molecule has 0 spiro atoms. The van der Waals surface area contributed by atoms with E-state index < -0.39 is 0 Å². The fourth-order valence-corrected chi connectivity index (χ4v) is 2.97. The summed E-state index contributed by atoms with van der Waals surface area (Å²) in [6.07, 6.45) is 2.42. The van der Waals surface area contributed by atoms with Crippen LogP contribution in [-0.4, -0.2) is 46.3 Å². The van der Waals surface area contributed by atoms with Gasteiger partial charge in [-0.05, 0) is 39.3 Å². The van der Waals surface area contributed by atoms with Gasteiger partial charge in [-0.3, -0.25) is 0 Å². The fourth-order valence-electron chi connectivity index (χ4n) is 2.97. The topological polar surface area (TPSA) is 78.3 Å². The summed E-state index contributed by atoms with van der Waals surface area (Å²) in [7, 11) is 1.99. The van der Waals surface area contributed by atoms with Crippen molar-refractivity contribution < 1.29 is 0 Å². The molecule has 1 saturated heterocycles. The van der Waals surface area contributed by atoms with Crippen LogP contribution in [0.4, 0.5) is 5.82 Å². The van der Waals surface area contributed by atoms with Crippen LogP contribution in [-0.2, 0) is 0 Å². The maximum absolute atomic E-state index is 11.6. The van der Waals surface area contributed by atoms with Crippen molar-refractivity contribution in [2.45, 2.75) is 19.8 Å². The van der Waals surface area contributed by atoms with Crippen LogP contribution in [0.5, 0.6) is 0 Å². The number of hydrogen-bond acceptors (Lipinski definition) is 5. The number of rotatable bonds is 3. The first-order valence-electron chi connectivity index (χ1n) is 7.03. The number of fused-ring (bicyclic) bond motifs is 1. The molecule has 3 rings (SSSR count). The second-order valence-electron chi connectivity index (χ2n) is 5.40. The van der Waals surface area contributed by atoms with E-state index >= 15 is 0 Å². The predicted octanol–water partition coefficient (Wildman–Crippen LogP) is 0.162. The lowest BCUT2D eigenvalue weighted by Gasteiger charge is -2.33. The number of aryl methyl sites for hydroxylation is 1. The molecule has 7 nitrogen and oxygen atoms in total. The largest absolute Gasteiger partial charge is 0.356 e. The molecule has 2 N–H and O–H groups in total. The van der Waals surface area contributed by atoms with E-state index in [0.717, 1.165) is 25.5 Å². The predicted molar refractivity (Wildman–Crippen MR) is 77.2 cm³/mol. The maximum Gasteiger partial charge on any atom is 0.349 e. The number of nitrogens with one attached hydrogen (secondary N) is 2. The molecule has 0 aromatic carbocycles. The molecule has 0 radical (unpaired) electrons. The minimum Gasteiger partial charge on any atom is -0.356 e. The number of anilines is 1. The summed E-state index contributed by atoms with van der Waals surface area (Å²) in [6.45, 7) is 4.87. The van der Waals surface area contributed by atoms with E-state index in [0.29, 0.717) is 17.4 Å². The molecule has 1 aliphatic heterocycles. The van der Waals surface area contributed by atoms with E-state index in [2.05, 4.69) is 25.4 Å². The third-order valence-electron chi connectivity index (χ3n) is 3.89. The van der Waals surface area contributed by atoms with Gasteiger partial charge in [0.25, 0.3) is 0 Å². The van der Waals surface area contributed by atoms with Gasteiger partial charge in [-0.1, -0.05) is 0 Å². The Labute approximate surface area is 117 Å². The van der Waals surface area contributed by atoms with Crippen LogP contribution in [0, 0.1) is 12.8 Å². The molecule has 7 heteroatoms. The first-order valence-corrected chi connectivity index (χ1v) is 7.03. The average molecular weight is 276 g/mol. The van der Waals surface area contributed by atoms with Gasteiger partial charge >= 0.3 is 5.69 Å². The molecular weight excluding hydrogens is 256 g/mol.